The third kappa shape index (κ3) is 3.16. The Morgan fingerprint density at radius 3 is 2.68 bits per heavy atom. The molecule has 0 unspecified atom stereocenters. The molecule has 0 aliphatic heterocycles. The summed E-state index contributed by atoms with van der Waals surface area (Å²) in [5.74, 6) is -1.36. The molecule has 0 spiro atoms. The van der Waals surface area contributed by atoms with Crippen LogP contribution in [0.1, 0.15) is 37.6 Å². The molecular formula is C19H15N3O5S. The van der Waals surface area contributed by atoms with Crippen molar-refractivity contribution in [2.24, 2.45) is 5.73 Å². The molecule has 4 amide bonds. The van der Waals surface area contributed by atoms with E-state index in [1.165, 1.54) is 17.4 Å². The van der Waals surface area contributed by atoms with E-state index in [-0.39, 0.29) is 16.1 Å². The second-order valence-electron chi connectivity index (χ2n) is 6.32. The van der Waals surface area contributed by atoms with Gasteiger partial charge in [0, 0.05) is 10.3 Å². The minimum atomic E-state index is -0.976. The smallest absolute Gasteiger partial charge is 0.349 e. The standard InChI is InChI=1S/C19H15N3O5S/c20-19(26)22-16(24)14-10-5-3-7-13(10)28-17(14)21-15(23)11-8-9-4-1-2-6-12(9)27-18(11)25/h1-2,4,6,8H,3,5,7H2,(H,21,23)(H3,20,22,24,26). The normalized spacial score (nSPS) is 12.6. The highest BCUT2D eigenvalue weighted by Gasteiger charge is 2.28. The number of aryl methyl sites for hydroxylation is 1. The number of nitrogens with two attached hydrogens (primary N) is 1. The molecule has 8 nitrogen and oxygen atoms in total. The third-order valence-corrected chi connectivity index (χ3v) is 5.71. The Kier molecular flexibility index (Phi) is 4.44. The maximum atomic E-state index is 12.7. The lowest BCUT2D eigenvalue weighted by atomic mass is 10.1. The van der Waals surface area contributed by atoms with Gasteiger partial charge in [-0.1, -0.05) is 18.2 Å². The molecule has 3 aromatic rings. The Hall–Kier alpha value is -3.46. The van der Waals surface area contributed by atoms with Gasteiger partial charge >= 0.3 is 11.7 Å². The molecule has 2 aromatic heterocycles. The monoisotopic (exact) mass is 397 g/mol. The summed E-state index contributed by atoms with van der Waals surface area (Å²) in [5, 5.41) is 5.54. The number of imide groups is 1. The Balaban J connectivity index is 1.71. The number of primary amides is 1. The zero-order valence-corrected chi connectivity index (χ0v) is 15.4. The SMILES string of the molecule is NC(=O)NC(=O)c1c(NC(=O)c2cc3ccccc3oc2=O)sc2c1CCC2. The average Bonchev–Trinajstić information content (AvgIpc) is 3.20. The van der Waals surface area contributed by atoms with E-state index in [1.807, 2.05) is 5.32 Å². The molecule has 2 heterocycles. The summed E-state index contributed by atoms with van der Waals surface area (Å²) in [6.07, 6.45) is 2.34. The van der Waals surface area contributed by atoms with Gasteiger partial charge in [-0.25, -0.2) is 9.59 Å². The lowest BCUT2D eigenvalue weighted by molar-refractivity contribution is 0.0966. The molecule has 0 atom stereocenters. The first kappa shape index (κ1) is 17.9. The van der Waals surface area contributed by atoms with E-state index in [9.17, 15) is 19.2 Å². The Morgan fingerprint density at radius 2 is 1.89 bits per heavy atom. The van der Waals surface area contributed by atoms with Crippen LogP contribution in [0.15, 0.2) is 39.5 Å². The molecule has 4 N–H and O–H groups in total. The summed E-state index contributed by atoms with van der Waals surface area (Å²) in [6, 6.07) is 7.31. The maximum Gasteiger partial charge on any atom is 0.349 e. The lowest BCUT2D eigenvalue weighted by Crippen LogP contribution is -2.35. The van der Waals surface area contributed by atoms with Crippen LogP contribution in [0.25, 0.3) is 11.0 Å². The van der Waals surface area contributed by atoms with Crippen LogP contribution < -0.4 is 22.0 Å². The van der Waals surface area contributed by atoms with Crippen molar-refractivity contribution in [3.05, 3.63) is 62.3 Å². The van der Waals surface area contributed by atoms with E-state index in [0.717, 1.165) is 23.3 Å². The van der Waals surface area contributed by atoms with Gasteiger partial charge in [-0.05, 0) is 37.0 Å². The lowest BCUT2D eigenvalue weighted by Gasteiger charge is -2.08. The van der Waals surface area contributed by atoms with Gasteiger partial charge in [0.05, 0.1) is 5.56 Å². The summed E-state index contributed by atoms with van der Waals surface area (Å²) in [7, 11) is 0. The number of fused-ring (bicyclic) bond motifs is 2. The molecule has 0 saturated carbocycles. The first-order valence-corrected chi connectivity index (χ1v) is 9.35. The van der Waals surface area contributed by atoms with Gasteiger partial charge in [0.2, 0.25) is 0 Å². The van der Waals surface area contributed by atoms with Crippen molar-refractivity contribution < 1.29 is 18.8 Å². The van der Waals surface area contributed by atoms with E-state index >= 15 is 0 Å². The number of carbonyl (C=O) groups is 3. The number of carbonyl (C=O) groups excluding carboxylic acids is 3. The zero-order valence-electron chi connectivity index (χ0n) is 14.5. The van der Waals surface area contributed by atoms with Gasteiger partial charge in [-0.2, -0.15) is 0 Å². The number of para-hydroxylation sites is 1. The van der Waals surface area contributed by atoms with Crippen LogP contribution in [0.3, 0.4) is 0 Å². The average molecular weight is 397 g/mol. The fourth-order valence-electron chi connectivity index (χ4n) is 3.30. The van der Waals surface area contributed by atoms with Crippen LogP contribution >= 0.6 is 11.3 Å². The molecule has 28 heavy (non-hydrogen) atoms. The number of nitrogens with one attached hydrogen (secondary N) is 2. The number of thiophene rings is 1. The Bertz CT molecular complexity index is 1190. The summed E-state index contributed by atoms with van der Waals surface area (Å²) < 4.78 is 5.19. The van der Waals surface area contributed by atoms with Crippen molar-refractivity contribution in [2.45, 2.75) is 19.3 Å². The second-order valence-corrected chi connectivity index (χ2v) is 7.42. The van der Waals surface area contributed by atoms with Gasteiger partial charge in [-0.3, -0.25) is 14.9 Å². The zero-order chi connectivity index (χ0) is 19.8. The highest BCUT2D eigenvalue weighted by Crippen LogP contribution is 2.39. The van der Waals surface area contributed by atoms with Gasteiger partial charge in [0.25, 0.3) is 11.8 Å². The first-order valence-electron chi connectivity index (χ1n) is 8.53. The topological polar surface area (TPSA) is 132 Å². The molecule has 9 heteroatoms. The quantitative estimate of drug-likeness (QED) is 0.584. The molecule has 4 rings (SSSR count). The highest BCUT2D eigenvalue weighted by molar-refractivity contribution is 7.17. The van der Waals surface area contributed by atoms with Crippen LogP contribution in [0, 0.1) is 0 Å². The van der Waals surface area contributed by atoms with Gasteiger partial charge in [0.1, 0.15) is 16.1 Å². The van der Waals surface area contributed by atoms with E-state index < -0.39 is 23.5 Å². The first-order chi connectivity index (χ1) is 13.4. The fourth-order valence-corrected chi connectivity index (χ4v) is 4.58. The van der Waals surface area contributed by atoms with Crippen molar-refractivity contribution in [2.75, 3.05) is 5.32 Å². The number of rotatable bonds is 3. The molecule has 142 valence electrons. The molecule has 1 aliphatic carbocycles. The van der Waals surface area contributed by atoms with Crippen LogP contribution in [-0.4, -0.2) is 17.8 Å². The molecule has 0 bridgehead atoms. The summed E-state index contributed by atoms with van der Waals surface area (Å²) in [5.41, 5.74) is 5.49. The van der Waals surface area contributed by atoms with Gasteiger partial charge in [0.15, 0.2) is 0 Å². The third-order valence-electron chi connectivity index (χ3n) is 4.50. The largest absolute Gasteiger partial charge is 0.422 e. The van der Waals surface area contributed by atoms with Crippen LogP contribution in [0.2, 0.25) is 0 Å². The van der Waals surface area contributed by atoms with Gasteiger partial charge in [-0.15, -0.1) is 11.3 Å². The van der Waals surface area contributed by atoms with E-state index in [4.69, 9.17) is 10.2 Å². The highest BCUT2D eigenvalue weighted by atomic mass is 32.1. The van der Waals surface area contributed by atoms with Crippen LogP contribution in [0.4, 0.5) is 9.80 Å². The minimum Gasteiger partial charge on any atom is -0.422 e. The number of amides is 4. The minimum absolute atomic E-state index is 0.173. The predicted molar refractivity (Wildman–Crippen MR) is 104 cm³/mol. The molecule has 1 aromatic carbocycles. The number of urea groups is 1. The Morgan fingerprint density at radius 1 is 1.11 bits per heavy atom. The summed E-state index contributed by atoms with van der Waals surface area (Å²) in [6.45, 7) is 0. The molecule has 1 aliphatic rings. The van der Waals surface area contributed by atoms with Crippen LogP contribution in [0.5, 0.6) is 0 Å². The fraction of sp³-hybridized carbons (Fsp3) is 0.158. The maximum absolute atomic E-state index is 12.7. The summed E-state index contributed by atoms with van der Waals surface area (Å²) in [4.78, 5) is 49.4. The number of hydrogen-bond donors (Lipinski definition) is 3. The molecule has 0 saturated heterocycles. The molecule has 0 fully saturated rings. The van der Waals surface area contributed by atoms with E-state index in [1.54, 1.807) is 24.3 Å². The predicted octanol–water partition coefficient (Wildman–Crippen LogP) is 2.40. The number of benzene rings is 1. The van der Waals surface area contributed by atoms with Crippen molar-refractivity contribution >= 4 is 45.2 Å². The number of anilines is 1. The number of hydrogen-bond acceptors (Lipinski definition) is 6. The summed E-state index contributed by atoms with van der Waals surface area (Å²) >= 11 is 1.26. The van der Waals surface area contributed by atoms with Gasteiger partial charge < -0.3 is 15.5 Å². The van der Waals surface area contributed by atoms with Crippen molar-refractivity contribution in [1.82, 2.24) is 5.32 Å². The second kappa shape index (κ2) is 6.93. The van der Waals surface area contributed by atoms with Crippen molar-refractivity contribution in [3.63, 3.8) is 0 Å². The molecule has 0 radical (unpaired) electrons. The van der Waals surface area contributed by atoms with E-state index in [0.29, 0.717) is 17.4 Å². The molecular weight excluding hydrogens is 382 g/mol. The van der Waals surface area contributed by atoms with Crippen LogP contribution in [-0.2, 0) is 12.8 Å². The Labute approximate surface area is 162 Å². The van der Waals surface area contributed by atoms with Crippen molar-refractivity contribution in [3.8, 4) is 0 Å². The van der Waals surface area contributed by atoms with E-state index in [2.05, 4.69) is 5.32 Å². The van der Waals surface area contributed by atoms with Crippen molar-refractivity contribution in [1.29, 1.82) is 0 Å².